The lowest BCUT2D eigenvalue weighted by Gasteiger charge is -2.37. The van der Waals surface area contributed by atoms with Crippen molar-refractivity contribution in [1.29, 1.82) is 0 Å². The van der Waals surface area contributed by atoms with Gasteiger partial charge in [0, 0.05) is 5.56 Å². The number of nitrogens with zero attached hydrogens (tertiary/aromatic N) is 1. The van der Waals surface area contributed by atoms with E-state index >= 15 is 0 Å². The van der Waals surface area contributed by atoms with Crippen LogP contribution < -0.4 is 0 Å². The molecule has 0 spiro atoms. The Bertz CT molecular complexity index is 804. The Morgan fingerprint density at radius 3 is 2.54 bits per heavy atom. The Balaban J connectivity index is 1.82. The minimum Gasteiger partial charge on any atom is -0.508 e. The minimum atomic E-state index is 0.293. The van der Waals surface area contributed by atoms with Crippen LogP contribution in [-0.2, 0) is 13.0 Å². The molecule has 0 unspecified atom stereocenters. The molecule has 0 saturated heterocycles. The highest BCUT2D eigenvalue weighted by molar-refractivity contribution is 5.48. The number of phenols is 2. The predicted octanol–water partition coefficient (Wildman–Crippen LogP) is 4.74. The number of phenolic OH excluding ortho intramolecular Hbond substituents is 2. The van der Waals surface area contributed by atoms with E-state index in [1.807, 2.05) is 18.2 Å². The van der Waals surface area contributed by atoms with Crippen LogP contribution in [0, 0.1) is 12.5 Å². The van der Waals surface area contributed by atoms with Gasteiger partial charge in [0.25, 0.3) is 0 Å². The van der Waals surface area contributed by atoms with E-state index in [-0.39, 0.29) is 0 Å². The van der Waals surface area contributed by atoms with E-state index in [2.05, 4.69) is 4.85 Å². The first-order chi connectivity index (χ1) is 11.7. The first-order valence-electron chi connectivity index (χ1n) is 8.64. The van der Waals surface area contributed by atoms with Gasteiger partial charge in [0.1, 0.15) is 11.5 Å². The molecule has 0 bridgehead atoms. The van der Waals surface area contributed by atoms with Crippen molar-refractivity contribution in [3.63, 3.8) is 0 Å². The zero-order valence-electron chi connectivity index (χ0n) is 13.6. The van der Waals surface area contributed by atoms with E-state index in [1.54, 1.807) is 18.2 Å². The van der Waals surface area contributed by atoms with Crippen molar-refractivity contribution in [2.45, 2.75) is 44.1 Å². The molecule has 0 radical (unpaired) electrons. The number of rotatable bonds is 2. The number of hydrogen-bond donors (Lipinski definition) is 2. The van der Waals surface area contributed by atoms with Crippen LogP contribution in [0.3, 0.4) is 0 Å². The van der Waals surface area contributed by atoms with Crippen LogP contribution in [-0.4, -0.2) is 10.2 Å². The van der Waals surface area contributed by atoms with Crippen molar-refractivity contribution in [3.05, 3.63) is 70.1 Å². The van der Waals surface area contributed by atoms with E-state index in [0.29, 0.717) is 35.8 Å². The van der Waals surface area contributed by atoms with Crippen LogP contribution >= 0.6 is 0 Å². The quantitative estimate of drug-likeness (QED) is 0.785. The Morgan fingerprint density at radius 2 is 1.79 bits per heavy atom. The molecule has 2 aromatic carbocycles. The van der Waals surface area contributed by atoms with Gasteiger partial charge in [-0.15, -0.1) is 0 Å². The van der Waals surface area contributed by atoms with Crippen LogP contribution in [0.2, 0.25) is 0 Å². The molecular weight excluding hydrogens is 298 g/mol. The van der Waals surface area contributed by atoms with Crippen LogP contribution in [0.15, 0.2) is 36.4 Å². The standard InChI is InChI=1S/C21H21NO2/c1-22-12-14-9-16(24)10-21-18-4-2-3-17(18)19(11-20(14)21)13-5-7-15(23)8-6-13/h5-10,17-19,23-24H,2-4,11-12H2/t17-,18+,19-/m0/s1. The maximum absolute atomic E-state index is 10.1. The number of benzene rings is 2. The molecule has 0 heterocycles. The van der Waals surface area contributed by atoms with E-state index in [4.69, 9.17) is 6.57 Å². The van der Waals surface area contributed by atoms with Crippen molar-refractivity contribution >= 4 is 0 Å². The Morgan fingerprint density at radius 1 is 1.00 bits per heavy atom. The summed E-state index contributed by atoms with van der Waals surface area (Å²) >= 11 is 0. The van der Waals surface area contributed by atoms with Gasteiger partial charge in [0.05, 0.1) is 0 Å². The lowest BCUT2D eigenvalue weighted by Crippen LogP contribution is -2.25. The maximum Gasteiger partial charge on any atom is 0.240 e. The summed E-state index contributed by atoms with van der Waals surface area (Å²) in [6.45, 7) is 7.56. The fourth-order valence-corrected chi connectivity index (χ4v) is 4.86. The largest absolute Gasteiger partial charge is 0.508 e. The van der Waals surface area contributed by atoms with E-state index < -0.39 is 0 Å². The summed E-state index contributed by atoms with van der Waals surface area (Å²) < 4.78 is 0. The Labute approximate surface area is 142 Å². The second-order valence-corrected chi connectivity index (χ2v) is 7.09. The first kappa shape index (κ1) is 15.1. The highest BCUT2D eigenvalue weighted by Gasteiger charge is 2.41. The predicted molar refractivity (Wildman–Crippen MR) is 93.0 cm³/mol. The Hall–Kier alpha value is -2.47. The Kier molecular flexibility index (Phi) is 3.69. The average Bonchev–Trinajstić information content (AvgIpc) is 3.05. The third-order valence-electron chi connectivity index (χ3n) is 5.84. The highest BCUT2D eigenvalue weighted by atomic mass is 16.3. The molecule has 2 aromatic rings. The summed E-state index contributed by atoms with van der Waals surface area (Å²) in [5, 5.41) is 19.7. The second kappa shape index (κ2) is 5.87. The maximum atomic E-state index is 10.1. The van der Waals surface area contributed by atoms with Crippen molar-refractivity contribution in [2.24, 2.45) is 5.92 Å². The molecule has 0 amide bonds. The number of hydrogen-bond acceptors (Lipinski definition) is 2. The van der Waals surface area contributed by atoms with Crippen LogP contribution in [0.1, 0.15) is 53.4 Å². The zero-order chi connectivity index (χ0) is 16.7. The van der Waals surface area contributed by atoms with Gasteiger partial charge in [-0.2, -0.15) is 0 Å². The van der Waals surface area contributed by atoms with Crippen molar-refractivity contribution in [3.8, 4) is 11.5 Å². The normalized spacial score (nSPS) is 24.9. The van der Waals surface area contributed by atoms with Gasteiger partial charge in [-0.3, -0.25) is 0 Å². The molecular formula is C21H21NO2. The lowest BCUT2D eigenvalue weighted by atomic mass is 9.67. The molecule has 2 N–H and O–H groups in total. The molecule has 4 rings (SSSR count). The average molecular weight is 319 g/mol. The third-order valence-corrected chi connectivity index (χ3v) is 5.84. The molecule has 3 heteroatoms. The molecule has 3 atom stereocenters. The summed E-state index contributed by atoms with van der Waals surface area (Å²) in [4.78, 5) is 3.56. The van der Waals surface area contributed by atoms with E-state index in [9.17, 15) is 10.2 Å². The molecule has 2 aliphatic rings. The van der Waals surface area contributed by atoms with Crippen LogP contribution in [0.4, 0.5) is 0 Å². The molecule has 1 saturated carbocycles. The minimum absolute atomic E-state index is 0.293. The van der Waals surface area contributed by atoms with Crippen LogP contribution in [0.25, 0.3) is 4.85 Å². The van der Waals surface area contributed by atoms with Gasteiger partial charge in [-0.25, -0.2) is 6.57 Å². The van der Waals surface area contributed by atoms with Crippen LogP contribution in [0.5, 0.6) is 11.5 Å². The molecule has 3 nitrogen and oxygen atoms in total. The van der Waals surface area contributed by atoms with Gasteiger partial charge >= 0.3 is 0 Å². The van der Waals surface area contributed by atoms with Gasteiger partial charge < -0.3 is 15.1 Å². The lowest BCUT2D eigenvalue weighted by molar-refractivity contribution is 0.361. The molecule has 1 fully saturated rings. The SMILES string of the molecule is [C-]#[N+]Cc1cc(O)cc2c1C[C@@H](c1ccc(O)cc1)[C@H]1CCC[C@@H]21. The smallest absolute Gasteiger partial charge is 0.240 e. The van der Waals surface area contributed by atoms with E-state index in [1.165, 1.54) is 29.5 Å². The van der Waals surface area contributed by atoms with Crippen molar-refractivity contribution in [2.75, 3.05) is 0 Å². The number of aromatic hydroxyl groups is 2. The van der Waals surface area contributed by atoms with E-state index in [0.717, 1.165) is 18.4 Å². The van der Waals surface area contributed by atoms with Gasteiger partial charge in [0.2, 0.25) is 6.54 Å². The van der Waals surface area contributed by atoms with Crippen molar-refractivity contribution in [1.82, 2.24) is 0 Å². The molecule has 0 aliphatic heterocycles. The van der Waals surface area contributed by atoms with Gasteiger partial charge in [0.15, 0.2) is 0 Å². The molecule has 0 aromatic heterocycles. The molecule has 24 heavy (non-hydrogen) atoms. The fourth-order valence-electron chi connectivity index (χ4n) is 4.86. The fraction of sp³-hybridized carbons (Fsp3) is 0.381. The number of fused-ring (bicyclic) bond motifs is 3. The summed E-state index contributed by atoms with van der Waals surface area (Å²) in [6, 6.07) is 11.3. The topological polar surface area (TPSA) is 44.8 Å². The summed E-state index contributed by atoms with van der Waals surface area (Å²) in [7, 11) is 0. The monoisotopic (exact) mass is 319 g/mol. The molecule has 2 aliphatic carbocycles. The molecule has 122 valence electrons. The van der Waals surface area contributed by atoms with Gasteiger partial charge in [-0.1, -0.05) is 18.6 Å². The second-order valence-electron chi connectivity index (χ2n) is 7.09. The van der Waals surface area contributed by atoms with Gasteiger partial charge in [-0.05, 0) is 78.0 Å². The zero-order valence-corrected chi connectivity index (χ0v) is 13.6. The summed E-state index contributed by atoms with van der Waals surface area (Å²) in [5.41, 5.74) is 4.79. The third kappa shape index (κ3) is 2.43. The van der Waals surface area contributed by atoms with Crippen molar-refractivity contribution < 1.29 is 10.2 Å². The highest BCUT2D eigenvalue weighted by Crippen LogP contribution is 2.54. The summed E-state index contributed by atoms with van der Waals surface area (Å²) in [6.07, 6.45) is 4.51. The summed E-state index contributed by atoms with van der Waals surface area (Å²) in [5.74, 6) is 2.09. The first-order valence-corrected chi connectivity index (χ1v) is 8.64.